The summed E-state index contributed by atoms with van der Waals surface area (Å²) in [5, 5.41) is 2.81. The van der Waals surface area contributed by atoms with E-state index in [9.17, 15) is 13.2 Å². The Kier molecular flexibility index (Phi) is 8.01. The Bertz CT molecular complexity index is 583. The molecule has 0 atom stereocenters. The molecule has 0 unspecified atom stereocenters. The Hall–Kier alpha value is -1.64. The van der Waals surface area contributed by atoms with E-state index in [1.54, 1.807) is 17.0 Å². The van der Waals surface area contributed by atoms with Crippen molar-refractivity contribution in [3.63, 3.8) is 0 Å². The number of benzene rings is 1. The quantitative estimate of drug-likeness (QED) is 0.659. The van der Waals surface area contributed by atoms with Gasteiger partial charge in [0.15, 0.2) is 0 Å². The lowest BCUT2D eigenvalue weighted by Crippen LogP contribution is -2.39. The Morgan fingerprint density at radius 1 is 1.17 bits per heavy atom. The van der Waals surface area contributed by atoms with Gasteiger partial charge in [-0.2, -0.15) is 0 Å². The van der Waals surface area contributed by atoms with E-state index in [0.29, 0.717) is 26.2 Å². The summed E-state index contributed by atoms with van der Waals surface area (Å²) in [6.07, 6.45) is 0. The van der Waals surface area contributed by atoms with E-state index < -0.39 is 10.0 Å². The average Bonchev–Trinajstić information content (AvgIpc) is 2.54. The first kappa shape index (κ1) is 19.4. The van der Waals surface area contributed by atoms with Crippen LogP contribution in [0.2, 0.25) is 0 Å². The number of hydrogen-bond acceptors (Lipinski definition) is 4. The molecule has 0 heterocycles. The molecule has 0 aromatic heterocycles. The topological polar surface area (TPSA) is 87.7 Å². The van der Waals surface area contributed by atoms with Crippen LogP contribution in [-0.2, 0) is 21.3 Å². The first-order chi connectivity index (χ1) is 10.9. The lowest BCUT2D eigenvalue weighted by atomic mass is 10.2. The smallest absolute Gasteiger partial charge is 0.317 e. The summed E-state index contributed by atoms with van der Waals surface area (Å²) in [5.41, 5.74) is 0.835. The lowest BCUT2D eigenvalue weighted by molar-refractivity contribution is 0.203. The van der Waals surface area contributed by atoms with Crippen molar-refractivity contribution in [2.45, 2.75) is 25.3 Å². The number of urea groups is 1. The van der Waals surface area contributed by atoms with Gasteiger partial charge in [-0.25, -0.2) is 17.9 Å². The molecule has 130 valence electrons. The van der Waals surface area contributed by atoms with Gasteiger partial charge in [0, 0.05) is 33.3 Å². The molecule has 0 radical (unpaired) electrons. The fraction of sp³-hybridized carbons (Fsp3) is 0.533. The van der Waals surface area contributed by atoms with Crippen LogP contribution in [0.4, 0.5) is 4.79 Å². The van der Waals surface area contributed by atoms with Gasteiger partial charge in [0.1, 0.15) is 0 Å². The van der Waals surface area contributed by atoms with Gasteiger partial charge >= 0.3 is 6.03 Å². The average molecular weight is 343 g/mol. The van der Waals surface area contributed by atoms with Crippen LogP contribution < -0.4 is 10.0 Å². The summed E-state index contributed by atoms with van der Waals surface area (Å²) >= 11 is 0. The monoisotopic (exact) mass is 343 g/mol. The second-order valence-electron chi connectivity index (χ2n) is 4.87. The first-order valence-corrected chi connectivity index (χ1v) is 9.03. The van der Waals surface area contributed by atoms with Gasteiger partial charge in [0.05, 0.1) is 11.5 Å². The van der Waals surface area contributed by atoms with Crippen LogP contribution >= 0.6 is 0 Å². The highest BCUT2D eigenvalue weighted by Gasteiger charge is 2.13. The van der Waals surface area contributed by atoms with Crippen molar-refractivity contribution >= 4 is 16.1 Å². The maximum Gasteiger partial charge on any atom is 0.317 e. The summed E-state index contributed by atoms with van der Waals surface area (Å²) in [5.74, 6) is 0. The zero-order chi connectivity index (χ0) is 17.3. The van der Waals surface area contributed by atoms with E-state index in [4.69, 9.17) is 4.74 Å². The van der Waals surface area contributed by atoms with Crippen LogP contribution in [0.15, 0.2) is 29.2 Å². The van der Waals surface area contributed by atoms with Crippen molar-refractivity contribution in [2.75, 3.05) is 33.4 Å². The van der Waals surface area contributed by atoms with E-state index in [0.717, 1.165) is 5.56 Å². The number of ether oxygens (including phenoxy) is 1. The molecule has 1 aromatic carbocycles. The molecule has 0 aliphatic carbocycles. The third kappa shape index (κ3) is 6.17. The van der Waals surface area contributed by atoms with Crippen LogP contribution in [0, 0.1) is 0 Å². The van der Waals surface area contributed by atoms with Gasteiger partial charge in [0.25, 0.3) is 0 Å². The molecule has 8 heteroatoms. The number of carbonyl (C=O) groups is 1. The molecule has 1 aromatic rings. The highest BCUT2D eigenvalue weighted by Crippen LogP contribution is 2.10. The SMILES string of the molecule is CCN(CC)C(=O)NCc1ccc(S(=O)(=O)NCCOC)cc1. The third-order valence-electron chi connectivity index (χ3n) is 3.33. The standard InChI is InChI=1S/C15H25N3O4S/c1-4-18(5-2)15(19)16-12-13-6-8-14(9-7-13)23(20,21)17-10-11-22-3/h6-9,17H,4-5,10-12H2,1-3H3,(H,16,19). The number of nitrogens with zero attached hydrogens (tertiary/aromatic N) is 1. The zero-order valence-corrected chi connectivity index (χ0v) is 14.6. The van der Waals surface area contributed by atoms with E-state index >= 15 is 0 Å². The van der Waals surface area contributed by atoms with Crippen molar-refractivity contribution in [3.05, 3.63) is 29.8 Å². The molecule has 7 nitrogen and oxygen atoms in total. The molecule has 0 spiro atoms. The second-order valence-corrected chi connectivity index (χ2v) is 6.63. The molecular weight excluding hydrogens is 318 g/mol. The molecule has 0 aliphatic heterocycles. The Morgan fingerprint density at radius 2 is 1.78 bits per heavy atom. The summed E-state index contributed by atoms with van der Waals surface area (Å²) in [4.78, 5) is 13.7. The number of carbonyl (C=O) groups excluding carboxylic acids is 1. The fourth-order valence-corrected chi connectivity index (χ4v) is 2.96. The molecule has 23 heavy (non-hydrogen) atoms. The maximum absolute atomic E-state index is 12.0. The Morgan fingerprint density at radius 3 is 2.30 bits per heavy atom. The number of methoxy groups -OCH3 is 1. The minimum atomic E-state index is -3.53. The Labute approximate surface area is 138 Å². The molecule has 0 bridgehead atoms. The number of sulfonamides is 1. The van der Waals surface area contributed by atoms with Crippen LogP contribution in [0.5, 0.6) is 0 Å². The van der Waals surface area contributed by atoms with Crippen LogP contribution in [0.3, 0.4) is 0 Å². The normalized spacial score (nSPS) is 11.3. The molecule has 2 N–H and O–H groups in total. The predicted molar refractivity (Wildman–Crippen MR) is 88.7 cm³/mol. The summed E-state index contributed by atoms with van der Waals surface area (Å²) in [6, 6.07) is 6.29. The number of nitrogens with one attached hydrogen (secondary N) is 2. The minimum Gasteiger partial charge on any atom is -0.383 e. The molecule has 0 saturated heterocycles. The predicted octanol–water partition coefficient (Wildman–Crippen LogP) is 1.16. The third-order valence-corrected chi connectivity index (χ3v) is 4.80. The van der Waals surface area contributed by atoms with E-state index in [-0.39, 0.29) is 17.5 Å². The van der Waals surface area contributed by atoms with Gasteiger partial charge < -0.3 is 15.0 Å². The van der Waals surface area contributed by atoms with Crippen LogP contribution in [-0.4, -0.2) is 52.7 Å². The summed E-state index contributed by atoms with van der Waals surface area (Å²) in [6.45, 7) is 6.01. The largest absolute Gasteiger partial charge is 0.383 e. The number of amides is 2. The Balaban J connectivity index is 2.61. The summed E-state index contributed by atoms with van der Waals surface area (Å²) < 4.78 is 31.3. The van der Waals surface area contributed by atoms with Crippen molar-refractivity contribution in [3.8, 4) is 0 Å². The molecule has 0 fully saturated rings. The van der Waals surface area contributed by atoms with Crippen molar-refractivity contribution < 1.29 is 17.9 Å². The van der Waals surface area contributed by atoms with Gasteiger partial charge in [-0.05, 0) is 31.5 Å². The maximum atomic E-state index is 12.0. The molecular formula is C15H25N3O4S. The summed E-state index contributed by atoms with van der Waals surface area (Å²) in [7, 11) is -2.02. The van der Waals surface area contributed by atoms with Gasteiger partial charge in [0.2, 0.25) is 10.0 Å². The molecule has 2 amide bonds. The van der Waals surface area contributed by atoms with Gasteiger partial charge in [-0.1, -0.05) is 12.1 Å². The molecule has 0 aliphatic rings. The van der Waals surface area contributed by atoms with Crippen LogP contribution in [0.25, 0.3) is 0 Å². The van der Waals surface area contributed by atoms with E-state index in [1.807, 2.05) is 13.8 Å². The minimum absolute atomic E-state index is 0.132. The first-order valence-electron chi connectivity index (χ1n) is 7.54. The molecule has 1 rings (SSSR count). The van der Waals surface area contributed by atoms with E-state index in [1.165, 1.54) is 19.2 Å². The fourth-order valence-electron chi connectivity index (χ4n) is 1.95. The highest BCUT2D eigenvalue weighted by molar-refractivity contribution is 7.89. The van der Waals surface area contributed by atoms with Gasteiger partial charge in [-0.3, -0.25) is 0 Å². The number of rotatable bonds is 9. The van der Waals surface area contributed by atoms with Crippen molar-refractivity contribution in [1.82, 2.24) is 14.9 Å². The van der Waals surface area contributed by atoms with Gasteiger partial charge in [-0.15, -0.1) is 0 Å². The van der Waals surface area contributed by atoms with Crippen molar-refractivity contribution in [1.29, 1.82) is 0 Å². The lowest BCUT2D eigenvalue weighted by Gasteiger charge is -2.19. The second kappa shape index (κ2) is 9.49. The highest BCUT2D eigenvalue weighted by atomic mass is 32.2. The van der Waals surface area contributed by atoms with E-state index in [2.05, 4.69) is 10.0 Å². The number of hydrogen-bond donors (Lipinski definition) is 2. The van der Waals surface area contributed by atoms with Crippen molar-refractivity contribution in [2.24, 2.45) is 0 Å². The zero-order valence-electron chi connectivity index (χ0n) is 13.8. The van der Waals surface area contributed by atoms with Crippen LogP contribution in [0.1, 0.15) is 19.4 Å². The molecule has 0 saturated carbocycles.